The molecule has 3 N–H and O–H groups in total. The molecule has 0 aliphatic carbocycles. The average Bonchev–Trinajstić information content (AvgIpc) is 2.69. The van der Waals surface area contributed by atoms with Crippen molar-refractivity contribution in [2.24, 2.45) is 0 Å². The van der Waals surface area contributed by atoms with E-state index in [9.17, 15) is 26.3 Å². The van der Waals surface area contributed by atoms with Crippen LogP contribution in [0.5, 0.6) is 0 Å². The smallest absolute Gasteiger partial charge is 0.187 e. The highest BCUT2D eigenvalue weighted by Crippen LogP contribution is 2.38. The van der Waals surface area contributed by atoms with Gasteiger partial charge in [0.2, 0.25) is 0 Å². The molecule has 0 aromatic heterocycles. The Morgan fingerprint density at radius 1 is 0.500 bits per heavy atom. The molecule has 3 rings (SSSR count). The van der Waals surface area contributed by atoms with Crippen molar-refractivity contribution in [1.29, 1.82) is 0 Å². The quantitative estimate of drug-likeness (QED) is 0.389. The Labute approximate surface area is 170 Å². The lowest BCUT2D eigenvalue weighted by atomic mass is 10.3. The maximum Gasteiger partial charge on any atom is 0.187 e. The van der Waals surface area contributed by atoms with Gasteiger partial charge in [0.25, 0.3) is 0 Å². The average molecular weight is 454 g/mol. The van der Waals surface area contributed by atoms with E-state index in [0.29, 0.717) is 15.9 Å². The van der Waals surface area contributed by atoms with Crippen molar-refractivity contribution < 1.29 is 26.3 Å². The van der Waals surface area contributed by atoms with E-state index >= 15 is 0 Å². The molecule has 0 heterocycles. The number of hydrogen-bond acceptors (Lipinski definition) is 3. The van der Waals surface area contributed by atoms with Gasteiger partial charge in [-0.2, -0.15) is 0 Å². The van der Waals surface area contributed by atoms with Gasteiger partial charge < -0.3 is 13.7 Å². The zero-order valence-corrected chi connectivity index (χ0v) is 17.5. The third-order valence-electron chi connectivity index (χ3n) is 3.88. The van der Waals surface area contributed by atoms with Crippen molar-refractivity contribution in [3.8, 4) is 0 Å². The summed E-state index contributed by atoms with van der Waals surface area (Å²) in [4.78, 5) is 0.432. The van der Waals surface area contributed by atoms with E-state index in [1.54, 1.807) is 54.6 Å². The summed E-state index contributed by atoms with van der Waals surface area (Å²) in [6.07, 6.45) is 0. The Kier molecular flexibility index (Phi) is 7.00. The minimum atomic E-state index is -2.30. The van der Waals surface area contributed by atoms with Crippen LogP contribution in [0.25, 0.3) is 0 Å². The van der Waals surface area contributed by atoms with Crippen molar-refractivity contribution in [2.45, 2.75) is 14.7 Å². The second-order valence-corrected chi connectivity index (χ2v) is 10.4. The maximum absolute atomic E-state index is 11.9. The van der Waals surface area contributed by atoms with Crippen LogP contribution < -0.4 is 15.9 Å². The summed E-state index contributed by atoms with van der Waals surface area (Å²) in [6.45, 7) is 0. The lowest BCUT2D eigenvalue weighted by Crippen LogP contribution is -2.28. The highest BCUT2D eigenvalue weighted by molar-refractivity contribution is 7.86. The summed E-state index contributed by atoms with van der Waals surface area (Å²) in [5.74, 6) is 0. The molecule has 0 aliphatic heterocycles. The van der Waals surface area contributed by atoms with E-state index in [-0.39, 0.29) is 14.7 Å². The van der Waals surface area contributed by atoms with Gasteiger partial charge in [-0.15, -0.1) is 0 Å². The highest BCUT2D eigenvalue weighted by atomic mass is 32.2. The first kappa shape index (κ1) is 21.1. The molecule has 3 unspecified atom stereocenters. The minimum Gasteiger partial charge on any atom is -0.302 e. The molecule has 0 amide bonds. The monoisotopic (exact) mass is 454 g/mol. The Morgan fingerprint density at radius 2 is 0.750 bits per heavy atom. The SMILES string of the molecule is O=S(O)c1ccccc1P(c1ccccc1S(=O)O)c1ccccc1S(=O)O. The molecule has 10 heteroatoms. The normalized spacial score (nSPS) is 15.5. The molecular weight excluding hydrogens is 439 g/mol. The van der Waals surface area contributed by atoms with Crippen LogP contribution in [-0.4, -0.2) is 26.3 Å². The second-order valence-electron chi connectivity index (χ2n) is 5.49. The first-order valence-electron chi connectivity index (χ1n) is 7.81. The fraction of sp³-hybridized carbons (Fsp3) is 0. The van der Waals surface area contributed by atoms with Crippen LogP contribution >= 0.6 is 7.92 Å². The largest absolute Gasteiger partial charge is 0.302 e. The van der Waals surface area contributed by atoms with E-state index < -0.39 is 41.2 Å². The fourth-order valence-electron chi connectivity index (χ4n) is 2.76. The zero-order valence-electron chi connectivity index (χ0n) is 14.2. The van der Waals surface area contributed by atoms with E-state index in [0.717, 1.165) is 0 Å². The van der Waals surface area contributed by atoms with Crippen LogP contribution in [-0.2, 0) is 33.2 Å². The first-order chi connectivity index (χ1) is 13.4. The second kappa shape index (κ2) is 9.28. The summed E-state index contributed by atoms with van der Waals surface area (Å²) in [6, 6.07) is 19.4. The molecule has 0 spiro atoms. The van der Waals surface area contributed by atoms with Gasteiger partial charge in [-0.25, -0.2) is 12.6 Å². The van der Waals surface area contributed by atoms with Crippen LogP contribution in [0.15, 0.2) is 87.5 Å². The van der Waals surface area contributed by atoms with E-state index in [2.05, 4.69) is 0 Å². The molecule has 0 aliphatic rings. The molecule has 146 valence electrons. The molecule has 0 saturated heterocycles. The van der Waals surface area contributed by atoms with Gasteiger partial charge in [0.05, 0.1) is 14.7 Å². The zero-order chi connectivity index (χ0) is 20.3. The molecule has 3 aromatic rings. The van der Waals surface area contributed by atoms with Gasteiger partial charge in [0.1, 0.15) is 0 Å². The summed E-state index contributed by atoms with van der Waals surface area (Å²) >= 11 is -6.91. The summed E-state index contributed by atoms with van der Waals surface area (Å²) in [5.41, 5.74) is 0. The molecule has 0 saturated carbocycles. The topological polar surface area (TPSA) is 112 Å². The van der Waals surface area contributed by atoms with Crippen molar-refractivity contribution in [3.63, 3.8) is 0 Å². The van der Waals surface area contributed by atoms with Gasteiger partial charge in [-0.3, -0.25) is 0 Å². The van der Waals surface area contributed by atoms with Crippen LogP contribution in [0.3, 0.4) is 0 Å². The van der Waals surface area contributed by atoms with Gasteiger partial charge in [-0.1, -0.05) is 54.6 Å². The van der Waals surface area contributed by atoms with Gasteiger partial charge in [0, 0.05) is 15.9 Å². The predicted octanol–water partition coefficient (Wildman–Crippen LogP) is 2.19. The third kappa shape index (κ3) is 4.36. The number of rotatable bonds is 6. The Morgan fingerprint density at radius 3 is 1.00 bits per heavy atom. The Hall–Kier alpha value is -1.58. The summed E-state index contributed by atoms with van der Waals surface area (Å²) in [5, 5.41) is 1.40. The number of benzene rings is 3. The molecule has 0 bridgehead atoms. The van der Waals surface area contributed by atoms with Crippen molar-refractivity contribution in [2.75, 3.05) is 0 Å². The fourth-order valence-corrected chi connectivity index (χ4v) is 7.98. The molecular formula is C18H15O6PS3. The summed E-state index contributed by atoms with van der Waals surface area (Å²) in [7, 11) is -1.66. The lowest BCUT2D eigenvalue weighted by molar-refractivity contribution is 0.563. The molecule has 6 nitrogen and oxygen atoms in total. The molecule has 3 atom stereocenters. The van der Waals surface area contributed by atoms with Crippen molar-refractivity contribution in [1.82, 2.24) is 0 Å². The Bertz CT molecular complexity index is 951. The maximum atomic E-state index is 11.9. The van der Waals surface area contributed by atoms with Crippen molar-refractivity contribution >= 4 is 57.1 Å². The Balaban J connectivity index is 2.40. The molecule has 0 fully saturated rings. The van der Waals surface area contributed by atoms with E-state index in [4.69, 9.17) is 0 Å². The standard InChI is InChI=1S/C18H15O6PS3/c19-26(20)16-10-4-1-7-13(16)25(14-8-2-5-11-17(14)27(21)22)15-9-3-6-12-18(15)28(23)24/h1-12H,(H,19,20)(H,21,22)(H,23,24). The predicted molar refractivity (Wildman–Crippen MR) is 112 cm³/mol. The number of hydrogen-bond donors (Lipinski definition) is 3. The van der Waals surface area contributed by atoms with Gasteiger partial charge >= 0.3 is 0 Å². The van der Waals surface area contributed by atoms with E-state index in [1.165, 1.54) is 18.2 Å². The molecule has 3 aromatic carbocycles. The third-order valence-corrected chi connectivity index (χ3v) is 9.15. The summed E-state index contributed by atoms with van der Waals surface area (Å²) < 4.78 is 65.1. The van der Waals surface area contributed by atoms with E-state index in [1.807, 2.05) is 0 Å². The minimum absolute atomic E-state index is 0.144. The van der Waals surface area contributed by atoms with Crippen LogP contribution in [0.2, 0.25) is 0 Å². The van der Waals surface area contributed by atoms with Crippen molar-refractivity contribution in [3.05, 3.63) is 72.8 Å². The lowest BCUT2D eigenvalue weighted by Gasteiger charge is -2.24. The van der Waals surface area contributed by atoms with Gasteiger partial charge in [0.15, 0.2) is 33.2 Å². The highest BCUT2D eigenvalue weighted by Gasteiger charge is 2.27. The first-order valence-corrected chi connectivity index (χ1v) is 12.5. The van der Waals surface area contributed by atoms with Crippen LogP contribution in [0.1, 0.15) is 0 Å². The molecule has 0 radical (unpaired) electrons. The van der Waals surface area contributed by atoms with Gasteiger partial charge in [-0.05, 0) is 26.1 Å². The van der Waals surface area contributed by atoms with Crippen LogP contribution in [0, 0.1) is 0 Å². The molecule has 28 heavy (non-hydrogen) atoms. The van der Waals surface area contributed by atoms with Crippen LogP contribution in [0.4, 0.5) is 0 Å².